The highest BCUT2D eigenvalue weighted by atomic mass is 19.2. The Kier molecular flexibility index (Phi) is 5.33. The van der Waals surface area contributed by atoms with Crippen LogP contribution in [0.5, 0.6) is 0 Å². The first-order valence-corrected chi connectivity index (χ1v) is 6.38. The first-order chi connectivity index (χ1) is 9.55. The molecule has 0 aromatic heterocycles. The molecule has 1 amide bonds. The molecule has 2 N–H and O–H groups in total. The molecule has 0 heterocycles. The Balaban J connectivity index is 2.87. The van der Waals surface area contributed by atoms with Gasteiger partial charge in [-0.1, -0.05) is 13.8 Å². The molecule has 3 nitrogen and oxygen atoms in total. The minimum atomic E-state index is -2.05. The highest BCUT2D eigenvalue weighted by Gasteiger charge is 2.26. The van der Waals surface area contributed by atoms with Gasteiger partial charge in [0.05, 0.1) is 11.2 Å². The molecule has 7 heteroatoms. The lowest BCUT2D eigenvalue weighted by atomic mass is 9.94. The van der Waals surface area contributed by atoms with E-state index in [1.165, 1.54) is 6.92 Å². The van der Waals surface area contributed by atoms with Crippen molar-refractivity contribution < 1.29 is 27.5 Å². The maximum absolute atomic E-state index is 13.4. The number of nitrogens with one attached hydrogen (secondary N) is 1. The molecule has 0 spiro atoms. The summed E-state index contributed by atoms with van der Waals surface area (Å²) in [5, 5.41) is 12.2. The van der Waals surface area contributed by atoms with Crippen molar-refractivity contribution in [2.75, 3.05) is 6.54 Å². The van der Waals surface area contributed by atoms with Gasteiger partial charge in [-0.15, -0.1) is 0 Å². The molecule has 21 heavy (non-hydrogen) atoms. The van der Waals surface area contributed by atoms with Crippen molar-refractivity contribution in [3.8, 4) is 0 Å². The Hall–Kier alpha value is -1.63. The molecule has 1 aromatic rings. The number of aliphatic hydroxyl groups is 1. The Labute approximate surface area is 120 Å². The van der Waals surface area contributed by atoms with Gasteiger partial charge in [0, 0.05) is 6.54 Å². The van der Waals surface area contributed by atoms with Crippen molar-refractivity contribution in [1.82, 2.24) is 5.32 Å². The summed E-state index contributed by atoms with van der Waals surface area (Å²) in [7, 11) is 0. The maximum Gasteiger partial charge on any atom is 0.254 e. The Bertz CT molecular complexity index is 544. The van der Waals surface area contributed by atoms with Crippen LogP contribution in [-0.2, 0) is 0 Å². The summed E-state index contributed by atoms with van der Waals surface area (Å²) >= 11 is 0. The van der Waals surface area contributed by atoms with Crippen LogP contribution in [0.25, 0.3) is 0 Å². The molecular weight excluding hydrogens is 290 g/mol. The molecule has 1 rings (SSSR count). The van der Waals surface area contributed by atoms with Crippen LogP contribution in [0.4, 0.5) is 17.6 Å². The molecule has 0 fully saturated rings. The highest BCUT2D eigenvalue weighted by molar-refractivity contribution is 5.94. The number of rotatable bonds is 5. The molecule has 0 bridgehead atoms. The lowest BCUT2D eigenvalue weighted by Crippen LogP contribution is -2.41. The third-order valence-electron chi connectivity index (χ3n) is 2.83. The van der Waals surface area contributed by atoms with E-state index in [1.807, 2.05) is 13.8 Å². The average molecular weight is 307 g/mol. The highest BCUT2D eigenvalue weighted by Crippen LogP contribution is 2.19. The summed E-state index contributed by atoms with van der Waals surface area (Å²) in [6.07, 6.45) is 0.363. The molecule has 1 aromatic carbocycles. The van der Waals surface area contributed by atoms with Gasteiger partial charge in [0.15, 0.2) is 23.3 Å². The lowest BCUT2D eigenvalue weighted by molar-refractivity contribution is 0.0367. The van der Waals surface area contributed by atoms with E-state index in [2.05, 4.69) is 5.32 Å². The largest absolute Gasteiger partial charge is 0.388 e. The van der Waals surface area contributed by atoms with Gasteiger partial charge in [-0.05, 0) is 25.3 Å². The second-order valence-electron chi connectivity index (χ2n) is 5.63. The summed E-state index contributed by atoms with van der Waals surface area (Å²) in [4.78, 5) is 11.7. The van der Waals surface area contributed by atoms with Crippen molar-refractivity contribution in [3.63, 3.8) is 0 Å². The van der Waals surface area contributed by atoms with Gasteiger partial charge < -0.3 is 10.4 Å². The van der Waals surface area contributed by atoms with Gasteiger partial charge >= 0.3 is 0 Å². The molecular formula is C14H17F4NO2. The zero-order valence-corrected chi connectivity index (χ0v) is 11.9. The summed E-state index contributed by atoms with van der Waals surface area (Å²) in [6, 6.07) is 0.278. The van der Waals surface area contributed by atoms with Gasteiger partial charge in [-0.2, -0.15) is 0 Å². The molecule has 0 aliphatic carbocycles. The molecule has 0 aliphatic heterocycles. The summed E-state index contributed by atoms with van der Waals surface area (Å²) in [5.41, 5.74) is -2.20. The van der Waals surface area contributed by atoms with Crippen LogP contribution in [0, 0.1) is 29.2 Å². The maximum atomic E-state index is 13.4. The summed E-state index contributed by atoms with van der Waals surface area (Å²) in [6.45, 7) is 4.96. The fourth-order valence-corrected chi connectivity index (χ4v) is 2.06. The standard InChI is InChI=1S/C14H17F4NO2/c1-7(2)5-14(3,21)6-19-13(20)8-4-9(15)11(17)12(18)10(8)16/h4,7,21H,5-6H2,1-3H3,(H,19,20). The van der Waals surface area contributed by atoms with Crippen LogP contribution in [0.3, 0.4) is 0 Å². The molecule has 1 unspecified atom stereocenters. The van der Waals surface area contributed by atoms with Crippen LogP contribution >= 0.6 is 0 Å². The number of carbonyl (C=O) groups is 1. The van der Waals surface area contributed by atoms with E-state index in [-0.39, 0.29) is 18.5 Å². The SMILES string of the molecule is CC(C)CC(C)(O)CNC(=O)c1cc(F)c(F)c(F)c1F. The second-order valence-corrected chi connectivity index (χ2v) is 5.63. The summed E-state index contributed by atoms with van der Waals surface area (Å²) in [5.74, 6) is -8.43. The van der Waals surface area contributed by atoms with Gasteiger partial charge in [0.2, 0.25) is 0 Å². The zero-order chi connectivity index (χ0) is 16.4. The third-order valence-corrected chi connectivity index (χ3v) is 2.83. The van der Waals surface area contributed by atoms with Gasteiger partial charge in [-0.25, -0.2) is 17.6 Å². The normalized spacial score (nSPS) is 14.1. The van der Waals surface area contributed by atoms with Gasteiger partial charge in [-0.3, -0.25) is 4.79 Å². The van der Waals surface area contributed by atoms with E-state index in [9.17, 15) is 27.5 Å². The van der Waals surface area contributed by atoms with E-state index in [0.717, 1.165) is 0 Å². The van der Waals surface area contributed by atoms with E-state index in [4.69, 9.17) is 0 Å². The molecule has 1 atom stereocenters. The second kappa shape index (κ2) is 6.43. The lowest BCUT2D eigenvalue weighted by Gasteiger charge is -2.25. The van der Waals surface area contributed by atoms with Crippen molar-refractivity contribution in [1.29, 1.82) is 0 Å². The van der Waals surface area contributed by atoms with Crippen LogP contribution in [0.15, 0.2) is 6.07 Å². The van der Waals surface area contributed by atoms with E-state index >= 15 is 0 Å². The Morgan fingerprint density at radius 2 is 1.81 bits per heavy atom. The Morgan fingerprint density at radius 3 is 2.33 bits per heavy atom. The van der Waals surface area contributed by atoms with Crippen LogP contribution in [0.1, 0.15) is 37.6 Å². The average Bonchev–Trinajstić information content (AvgIpc) is 2.36. The monoisotopic (exact) mass is 307 g/mol. The molecule has 0 radical (unpaired) electrons. The number of hydrogen-bond acceptors (Lipinski definition) is 2. The van der Waals surface area contributed by atoms with E-state index in [1.54, 1.807) is 0 Å². The number of benzene rings is 1. The molecule has 0 saturated carbocycles. The predicted molar refractivity (Wildman–Crippen MR) is 68.7 cm³/mol. The molecule has 118 valence electrons. The van der Waals surface area contributed by atoms with Crippen LogP contribution < -0.4 is 5.32 Å². The fourth-order valence-electron chi connectivity index (χ4n) is 2.06. The predicted octanol–water partition coefficient (Wildman–Crippen LogP) is 2.77. The molecule has 0 aliphatic rings. The smallest absolute Gasteiger partial charge is 0.254 e. The molecule has 0 saturated heterocycles. The quantitative estimate of drug-likeness (QED) is 0.499. The van der Waals surface area contributed by atoms with Crippen LogP contribution in [-0.4, -0.2) is 23.2 Å². The summed E-state index contributed by atoms with van der Waals surface area (Å²) < 4.78 is 52.3. The topological polar surface area (TPSA) is 49.3 Å². The Morgan fingerprint density at radius 1 is 1.24 bits per heavy atom. The van der Waals surface area contributed by atoms with Crippen LogP contribution in [0.2, 0.25) is 0 Å². The van der Waals surface area contributed by atoms with E-state index < -0.39 is 40.3 Å². The minimum absolute atomic E-state index is 0.148. The van der Waals surface area contributed by atoms with Crippen molar-refractivity contribution in [2.24, 2.45) is 5.92 Å². The minimum Gasteiger partial charge on any atom is -0.388 e. The zero-order valence-electron chi connectivity index (χ0n) is 11.9. The first-order valence-electron chi connectivity index (χ1n) is 6.38. The first kappa shape index (κ1) is 17.4. The fraction of sp³-hybridized carbons (Fsp3) is 0.500. The number of halogens is 4. The number of amides is 1. The van der Waals surface area contributed by atoms with Crippen molar-refractivity contribution in [2.45, 2.75) is 32.8 Å². The number of hydrogen-bond donors (Lipinski definition) is 2. The van der Waals surface area contributed by atoms with Crippen molar-refractivity contribution in [3.05, 3.63) is 34.9 Å². The number of carbonyl (C=O) groups excluding carboxylic acids is 1. The van der Waals surface area contributed by atoms with Gasteiger partial charge in [0.1, 0.15) is 0 Å². The van der Waals surface area contributed by atoms with Crippen molar-refractivity contribution >= 4 is 5.91 Å². The van der Waals surface area contributed by atoms with Gasteiger partial charge in [0.25, 0.3) is 5.91 Å². The third kappa shape index (κ3) is 4.42. The van der Waals surface area contributed by atoms with E-state index in [0.29, 0.717) is 6.42 Å².